The van der Waals surface area contributed by atoms with Gasteiger partial charge in [-0.25, -0.2) is 4.98 Å². The van der Waals surface area contributed by atoms with Gasteiger partial charge in [0.25, 0.3) is 0 Å². The van der Waals surface area contributed by atoms with E-state index in [1.54, 1.807) is 0 Å². The van der Waals surface area contributed by atoms with Gasteiger partial charge in [-0.2, -0.15) is 5.10 Å². The van der Waals surface area contributed by atoms with Crippen molar-refractivity contribution in [2.75, 3.05) is 18.8 Å². The number of likely N-dealkylation sites (tertiary alicyclic amines) is 1. The number of rotatable bonds is 5. The van der Waals surface area contributed by atoms with Gasteiger partial charge in [0.15, 0.2) is 10.8 Å². The first-order chi connectivity index (χ1) is 13.6. The van der Waals surface area contributed by atoms with Crippen LogP contribution in [0.2, 0.25) is 0 Å². The van der Waals surface area contributed by atoms with E-state index in [-0.39, 0.29) is 5.91 Å². The van der Waals surface area contributed by atoms with Crippen LogP contribution in [0.1, 0.15) is 31.0 Å². The fourth-order valence-corrected chi connectivity index (χ4v) is 4.44. The molecule has 8 heteroatoms. The molecule has 0 atom stereocenters. The van der Waals surface area contributed by atoms with E-state index in [9.17, 15) is 4.79 Å². The molecule has 1 aliphatic rings. The van der Waals surface area contributed by atoms with Gasteiger partial charge >= 0.3 is 0 Å². The third kappa shape index (κ3) is 3.44. The minimum Gasteiger partial charge on any atom is -0.342 e. The van der Waals surface area contributed by atoms with Gasteiger partial charge in [0, 0.05) is 24.5 Å². The molecule has 2 N–H and O–H groups in total. The van der Waals surface area contributed by atoms with Crippen molar-refractivity contribution in [2.45, 2.75) is 38.3 Å². The van der Waals surface area contributed by atoms with Crippen molar-refractivity contribution in [1.29, 1.82) is 5.41 Å². The number of aromatic nitrogens is 4. The highest BCUT2D eigenvalue weighted by Gasteiger charge is 2.20. The Morgan fingerprint density at radius 3 is 2.64 bits per heavy atom. The zero-order chi connectivity index (χ0) is 19.7. The van der Waals surface area contributed by atoms with Gasteiger partial charge in [0.05, 0.1) is 11.1 Å². The number of fused-ring (bicyclic) bond motifs is 1. The number of carbonyl (C=O) groups excluding carboxylic acids is 1. The van der Waals surface area contributed by atoms with Crippen molar-refractivity contribution in [3.8, 4) is 5.69 Å². The number of benzene rings is 1. The molecule has 1 aromatic carbocycles. The molecule has 146 valence electrons. The van der Waals surface area contributed by atoms with Gasteiger partial charge in [0.1, 0.15) is 5.49 Å². The van der Waals surface area contributed by atoms with E-state index < -0.39 is 0 Å². The second-order valence-electron chi connectivity index (χ2n) is 7.02. The molecule has 1 saturated heterocycles. The molecule has 1 amide bonds. The molecule has 4 rings (SSSR count). The Morgan fingerprint density at radius 1 is 1.25 bits per heavy atom. The lowest BCUT2D eigenvalue weighted by molar-refractivity contribution is -0.127. The highest BCUT2D eigenvalue weighted by atomic mass is 32.2. The molecule has 0 radical (unpaired) electrons. The Morgan fingerprint density at radius 2 is 1.96 bits per heavy atom. The van der Waals surface area contributed by atoms with Gasteiger partial charge in [-0.1, -0.05) is 30.8 Å². The van der Waals surface area contributed by atoms with E-state index >= 15 is 0 Å². The van der Waals surface area contributed by atoms with Crippen molar-refractivity contribution in [3.63, 3.8) is 0 Å². The maximum absolute atomic E-state index is 12.5. The predicted octanol–water partition coefficient (Wildman–Crippen LogP) is 2.81. The van der Waals surface area contributed by atoms with Crippen LogP contribution in [0.15, 0.2) is 29.4 Å². The second-order valence-corrected chi connectivity index (χ2v) is 7.96. The summed E-state index contributed by atoms with van der Waals surface area (Å²) in [6.07, 6.45) is 3.12. The highest BCUT2D eigenvalue weighted by molar-refractivity contribution is 7.99. The average Bonchev–Trinajstić information content (AvgIpc) is 3.37. The number of nitrogens with one attached hydrogen (secondary N) is 2. The summed E-state index contributed by atoms with van der Waals surface area (Å²) in [5, 5.41) is 17.2. The Kier molecular flexibility index (Phi) is 5.21. The monoisotopic (exact) mass is 396 g/mol. The summed E-state index contributed by atoms with van der Waals surface area (Å²) in [6, 6.07) is 8.15. The first-order valence-electron chi connectivity index (χ1n) is 9.60. The molecule has 0 aliphatic carbocycles. The fourth-order valence-electron chi connectivity index (χ4n) is 3.53. The Labute approximate surface area is 167 Å². The van der Waals surface area contributed by atoms with E-state index in [1.807, 2.05) is 28.5 Å². The SMILES string of the molecule is CCc1ccc(-n2c(SCC(=O)N3CCCC3)nc3n[nH]c(C)c3c2=N)cc1. The first kappa shape index (κ1) is 18.7. The molecular formula is C20H24N6OS. The summed E-state index contributed by atoms with van der Waals surface area (Å²) in [6.45, 7) is 5.69. The third-order valence-corrected chi connectivity index (χ3v) is 6.09. The summed E-state index contributed by atoms with van der Waals surface area (Å²) in [7, 11) is 0. The topological polar surface area (TPSA) is 90.7 Å². The summed E-state index contributed by atoms with van der Waals surface area (Å²) >= 11 is 1.37. The molecule has 28 heavy (non-hydrogen) atoms. The molecule has 0 unspecified atom stereocenters. The van der Waals surface area contributed by atoms with Gasteiger partial charge in [-0.05, 0) is 43.9 Å². The van der Waals surface area contributed by atoms with Crippen molar-refractivity contribution in [3.05, 3.63) is 41.0 Å². The highest BCUT2D eigenvalue weighted by Crippen LogP contribution is 2.23. The number of aromatic amines is 1. The smallest absolute Gasteiger partial charge is 0.233 e. The zero-order valence-electron chi connectivity index (χ0n) is 16.2. The molecule has 7 nitrogen and oxygen atoms in total. The number of aryl methyl sites for hydroxylation is 2. The number of H-pyrrole nitrogens is 1. The van der Waals surface area contributed by atoms with Crippen LogP contribution in [0.25, 0.3) is 16.7 Å². The predicted molar refractivity (Wildman–Crippen MR) is 110 cm³/mol. The van der Waals surface area contributed by atoms with Crippen LogP contribution in [0.5, 0.6) is 0 Å². The lowest BCUT2D eigenvalue weighted by Crippen LogP contribution is -2.29. The van der Waals surface area contributed by atoms with E-state index in [4.69, 9.17) is 5.41 Å². The molecule has 0 spiro atoms. The lowest BCUT2D eigenvalue weighted by atomic mass is 10.1. The summed E-state index contributed by atoms with van der Waals surface area (Å²) in [5.74, 6) is 0.441. The molecule has 3 heterocycles. The quantitative estimate of drug-likeness (QED) is 0.512. The van der Waals surface area contributed by atoms with Gasteiger partial charge in [-0.15, -0.1) is 0 Å². The fraction of sp³-hybridized carbons (Fsp3) is 0.400. The number of amides is 1. The Balaban J connectivity index is 1.74. The van der Waals surface area contributed by atoms with Gasteiger partial charge in [0.2, 0.25) is 5.91 Å². The van der Waals surface area contributed by atoms with Crippen LogP contribution in [0.4, 0.5) is 0 Å². The second kappa shape index (κ2) is 7.79. The van der Waals surface area contributed by atoms with Crippen LogP contribution in [0.3, 0.4) is 0 Å². The molecule has 1 fully saturated rings. The minimum absolute atomic E-state index is 0.127. The van der Waals surface area contributed by atoms with Gasteiger partial charge in [-0.3, -0.25) is 19.9 Å². The number of carbonyl (C=O) groups is 1. The van der Waals surface area contributed by atoms with Crippen molar-refractivity contribution in [1.82, 2.24) is 24.6 Å². The molecular weight excluding hydrogens is 372 g/mol. The van der Waals surface area contributed by atoms with Crippen LogP contribution in [0, 0.1) is 12.3 Å². The number of nitrogens with zero attached hydrogens (tertiary/aromatic N) is 4. The summed E-state index contributed by atoms with van der Waals surface area (Å²) < 4.78 is 1.81. The Hall–Kier alpha value is -2.61. The third-order valence-electron chi connectivity index (χ3n) is 5.17. The van der Waals surface area contributed by atoms with Gasteiger partial charge < -0.3 is 4.90 Å². The molecule has 2 aromatic heterocycles. The molecule has 3 aromatic rings. The maximum Gasteiger partial charge on any atom is 0.233 e. The number of thioether (sulfide) groups is 1. The number of hydrogen-bond acceptors (Lipinski definition) is 5. The summed E-state index contributed by atoms with van der Waals surface area (Å²) in [4.78, 5) is 19.1. The van der Waals surface area contributed by atoms with Crippen molar-refractivity contribution in [2.24, 2.45) is 0 Å². The van der Waals surface area contributed by atoms with E-state index in [2.05, 4.69) is 34.2 Å². The van der Waals surface area contributed by atoms with Crippen LogP contribution < -0.4 is 5.49 Å². The Bertz CT molecular complexity index is 1060. The molecule has 1 aliphatic heterocycles. The lowest BCUT2D eigenvalue weighted by Gasteiger charge is -2.16. The standard InChI is InChI=1S/C20H24N6OS/c1-3-14-6-8-15(9-7-14)26-18(21)17-13(2)23-24-19(17)22-20(26)28-12-16(27)25-10-4-5-11-25/h6-9,21H,3-5,10-12H2,1-2H3,(H,23,24). The van der Waals surface area contributed by atoms with Crippen molar-refractivity contribution < 1.29 is 4.79 Å². The maximum atomic E-state index is 12.5. The average molecular weight is 397 g/mol. The first-order valence-corrected chi connectivity index (χ1v) is 10.6. The summed E-state index contributed by atoms with van der Waals surface area (Å²) in [5.41, 5.74) is 3.77. The zero-order valence-corrected chi connectivity index (χ0v) is 17.0. The van der Waals surface area contributed by atoms with E-state index in [0.717, 1.165) is 43.7 Å². The largest absolute Gasteiger partial charge is 0.342 e. The van der Waals surface area contributed by atoms with Crippen molar-refractivity contribution >= 4 is 28.7 Å². The van der Waals surface area contributed by atoms with E-state index in [0.29, 0.717) is 27.4 Å². The van der Waals surface area contributed by atoms with Crippen LogP contribution >= 0.6 is 11.8 Å². The normalized spacial score (nSPS) is 14.1. The number of hydrogen-bond donors (Lipinski definition) is 2. The molecule has 0 saturated carbocycles. The van der Waals surface area contributed by atoms with E-state index in [1.165, 1.54) is 17.3 Å². The van der Waals surface area contributed by atoms with Crippen LogP contribution in [-0.2, 0) is 11.2 Å². The molecule has 0 bridgehead atoms. The van der Waals surface area contributed by atoms with Crippen LogP contribution in [-0.4, -0.2) is 49.4 Å². The minimum atomic E-state index is 0.127.